The number of carbonyl (C=O) groups is 1. The molecule has 1 N–H and O–H groups in total. The Morgan fingerprint density at radius 2 is 1.84 bits per heavy atom. The number of amides is 1. The van der Waals surface area contributed by atoms with Gasteiger partial charge in [0.2, 0.25) is 0 Å². The Bertz CT molecular complexity index is 1250. The molecule has 0 atom stereocenters. The van der Waals surface area contributed by atoms with Crippen LogP contribution in [0.15, 0.2) is 84.3 Å². The predicted octanol–water partition coefficient (Wildman–Crippen LogP) is 5.12. The molecule has 166 valence electrons. The number of benzene rings is 3. The van der Waals surface area contributed by atoms with Crippen molar-refractivity contribution in [2.75, 3.05) is 23.3 Å². The van der Waals surface area contributed by atoms with Gasteiger partial charge in [-0.3, -0.25) is 9.10 Å². The van der Waals surface area contributed by atoms with Gasteiger partial charge in [0.25, 0.3) is 15.9 Å². The third kappa shape index (κ3) is 4.92. The second-order valence-electron chi connectivity index (χ2n) is 6.60. The lowest BCUT2D eigenvalue weighted by Crippen LogP contribution is -2.31. The van der Waals surface area contributed by atoms with Gasteiger partial charge in [0.1, 0.15) is 11.6 Å². The van der Waals surface area contributed by atoms with Crippen LogP contribution in [0.4, 0.5) is 15.8 Å². The molecule has 0 aliphatic heterocycles. The van der Waals surface area contributed by atoms with E-state index in [-0.39, 0.29) is 22.0 Å². The Hall–Kier alpha value is -3.36. The summed E-state index contributed by atoms with van der Waals surface area (Å²) >= 11 is 6.17. The van der Waals surface area contributed by atoms with E-state index >= 15 is 0 Å². The highest BCUT2D eigenvalue weighted by atomic mass is 35.5. The first-order chi connectivity index (χ1) is 15.3. The normalized spacial score (nSPS) is 11.0. The van der Waals surface area contributed by atoms with Crippen molar-refractivity contribution in [1.82, 2.24) is 0 Å². The Balaban J connectivity index is 2.01. The molecule has 0 fully saturated rings. The molecule has 0 spiro atoms. The second-order valence-corrected chi connectivity index (χ2v) is 8.87. The minimum atomic E-state index is -4.11. The molecule has 0 unspecified atom stereocenters. The molecule has 0 radical (unpaired) electrons. The SMILES string of the molecule is C=CCN(c1ccccc1OC)S(=O)(=O)c1ccc(Cl)c(C(=O)Nc2ccc(F)cc2)c1. The van der Waals surface area contributed by atoms with Crippen LogP contribution >= 0.6 is 11.6 Å². The zero-order chi connectivity index (χ0) is 23.3. The minimum Gasteiger partial charge on any atom is -0.495 e. The smallest absolute Gasteiger partial charge is 0.264 e. The molecule has 3 aromatic rings. The monoisotopic (exact) mass is 474 g/mol. The fraction of sp³-hybridized carbons (Fsp3) is 0.0870. The number of halogens is 2. The van der Waals surface area contributed by atoms with Gasteiger partial charge in [-0.2, -0.15) is 0 Å². The molecule has 9 heteroatoms. The van der Waals surface area contributed by atoms with Crippen LogP contribution in [0.2, 0.25) is 5.02 Å². The number of para-hydroxylation sites is 2. The molecule has 0 aliphatic rings. The van der Waals surface area contributed by atoms with Crippen LogP contribution in [-0.4, -0.2) is 28.0 Å². The highest BCUT2D eigenvalue weighted by molar-refractivity contribution is 7.92. The number of hydrogen-bond donors (Lipinski definition) is 1. The van der Waals surface area contributed by atoms with E-state index in [2.05, 4.69) is 11.9 Å². The number of nitrogens with one attached hydrogen (secondary N) is 1. The maximum Gasteiger partial charge on any atom is 0.264 e. The number of nitrogens with zero attached hydrogens (tertiary/aromatic N) is 1. The van der Waals surface area contributed by atoms with Gasteiger partial charge in [0, 0.05) is 5.69 Å². The van der Waals surface area contributed by atoms with E-state index in [1.54, 1.807) is 24.3 Å². The van der Waals surface area contributed by atoms with Gasteiger partial charge in [-0.25, -0.2) is 12.8 Å². The highest BCUT2D eigenvalue weighted by Gasteiger charge is 2.28. The van der Waals surface area contributed by atoms with Crippen LogP contribution in [0.1, 0.15) is 10.4 Å². The van der Waals surface area contributed by atoms with Crippen molar-refractivity contribution >= 4 is 38.9 Å². The average molecular weight is 475 g/mol. The van der Waals surface area contributed by atoms with Crippen molar-refractivity contribution in [2.24, 2.45) is 0 Å². The van der Waals surface area contributed by atoms with Crippen LogP contribution in [0.5, 0.6) is 5.75 Å². The summed E-state index contributed by atoms with van der Waals surface area (Å²) in [6.45, 7) is 3.62. The number of ether oxygens (including phenoxy) is 1. The lowest BCUT2D eigenvalue weighted by molar-refractivity contribution is 0.102. The first-order valence-electron chi connectivity index (χ1n) is 9.41. The molecule has 0 bridgehead atoms. The molecule has 0 saturated carbocycles. The summed E-state index contributed by atoms with van der Waals surface area (Å²) in [4.78, 5) is 12.6. The Morgan fingerprint density at radius 1 is 1.16 bits per heavy atom. The van der Waals surface area contributed by atoms with Gasteiger partial charge >= 0.3 is 0 Å². The van der Waals surface area contributed by atoms with Gasteiger partial charge < -0.3 is 10.1 Å². The third-order valence-corrected chi connectivity index (χ3v) is 6.63. The maximum absolute atomic E-state index is 13.5. The lowest BCUT2D eigenvalue weighted by atomic mass is 10.2. The largest absolute Gasteiger partial charge is 0.495 e. The molecule has 0 aliphatic carbocycles. The number of methoxy groups -OCH3 is 1. The zero-order valence-corrected chi connectivity index (χ0v) is 18.7. The fourth-order valence-electron chi connectivity index (χ4n) is 2.98. The van der Waals surface area contributed by atoms with Crippen LogP contribution in [-0.2, 0) is 10.0 Å². The van der Waals surface area contributed by atoms with E-state index < -0.39 is 21.7 Å². The van der Waals surface area contributed by atoms with Gasteiger partial charge in [-0.15, -0.1) is 6.58 Å². The molecule has 1 amide bonds. The topological polar surface area (TPSA) is 75.7 Å². The first kappa shape index (κ1) is 23.3. The van der Waals surface area contributed by atoms with Crippen LogP contribution in [0, 0.1) is 5.82 Å². The molecule has 32 heavy (non-hydrogen) atoms. The Kier molecular flexibility index (Phi) is 7.17. The molecule has 3 rings (SSSR count). The summed E-state index contributed by atoms with van der Waals surface area (Å²) in [6, 6.07) is 15.7. The van der Waals surface area contributed by atoms with Gasteiger partial charge in [0.05, 0.1) is 34.8 Å². The lowest BCUT2D eigenvalue weighted by Gasteiger charge is -2.25. The van der Waals surface area contributed by atoms with Crippen molar-refractivity contribution < 1.29 is 22.3 Å². The summed E-state index contributed by atoms with van der Waals surface area (Å²) in [5, 5.41) is 2.64. The number of anilines is 2. The van der Waals surface area contributed by atoms with Crippen LogP contribution < -0.4 is 14.4 Å². The molecule has 0 aromatic heterocycles. The summed E-state index contributed by atoms with van der Waals surface area (Å²) in [7, 11) is -2.66. The van der Waals surface area contributed by atoms with Gasteiger partial charge in [-0.05, 0) is 54.6 Å². The average Bonchev–Trinajstić information content (AvgIpc) is 2.79. The number of carbonyl (C=O) groups excluding carboxylic acids is 1. The van der Waals surface area contributed by atoms with Crippen LogP contribution in [0.25, 0.3) is 0 Å². The Labute approximate surface area is 190 Å². The van der Waals surface area contributed by atoms with Crippen molar-refractivity contribution in [2.45, 2.75) is 4.90 Å². The van der Waals surface area contributed by atoms with E-state index in [1.165, 1.54) is 55.7 Å². The number of rotatable bonds is 8. The van der Waals surface area contributed by atoms with Crippen molar-refractivity contribution in [1.29, 1.82) is 0 Å². The highest BCUT2D eigenvalue weighted by Crippen LogP contribution is 2.33. The van der Waals surface area contributed by atoms with Gasteiger partial charge in [-0.1, -0.05) is 29.8 Å². The Morgan fingerprint density at radius 3 is 2.50 bits per heavy atom. The van der Waals surface area contributed by atoms with Crippen molar-refractivity contribution in [3.63, 3.8) is 0 Å². The van der Waals surface area contributed by atoms with E-state index in [1.807, 2.05) is 0 Å². The number of hydrogen-bond acceptors (Lipinski definition) is 4. The fourth-order valence-corrected chi connectivity index (χ4v) is 4.65. The summed E-state index contributed by atoms with van der Waals surface area (Å²) in [6.07, 6.45) is 1.45. The predicted molar refractivity (Wildman–Crippen MR) is 124 cm³/mol. The first-order valence-corrected chi connectivity index (χ1v) is 11.2. The quantitative estimate of drug-likeness (QED) is 0.460. The number of sulfonamides is 1. The summed E-state index contributed by atoms with van der Waals surface area (Å²) in [5.74, 6) is -0.722. The van der Waals surface area contributed by atoms with Crippen molar-refractivity contribution in [3.05, 3.63) is 95.8 Å². The molecule has 0 heterocycles. The minimum absolute atomic E-state index is 0.0254. The molecule has 0 saturated heterocycles. The second kappa shape index (κ2) is 9.84. The van der Waals surface area contributed by atoms with E-state index in [0.29, 0.717) is 17.1 Å². The van der Waals surface area contributed by atoms with E-state index in [0.717, 1.165) is 4.31 Å². The van der Waals surface area contributed by atoms with E-state index in [4.69, 9.17) is 16.3 Å². The molecular weight excluding hydrogens is 455 g/mol. The molecular formula is C23H20ClFN2O4S. The van der Waals surface area contributed by atoms with Crippen molar-refractivity contribution in [3.8, 4) is 5.75 Å². The summed E-state index contributed by atoms with van der Waals surface area (Å²) < 4.78 is 46.5. The maximum atomic E-state index is 13.5. The zero-order valence-electron chi connectivity index (χ0n) is 17.1. The van der Waals surface area contributed by atoms with Gasteiger partial charge in [0.15, 0.2) is 0 Å². The standard InChI is InChI=1S/C23H20ClFN2O4S/c1-3-14-27(21-6-4-5-7-22(21)31-2)32(29,30)18-12-13-20(24)19(15-18)23(28)26-17-10-8-16(25)9-11-17/h3-13,15H,1,14H2,2H3,(H,26,28). The summed E-state index contributed by atoms with van der Waals surface area (Å²) in [5.41, 5.74) is 0.612. The van der Waals surface area contributed by atoms with Crippen LogP contribution in [0.3, 0.4) is 0 Å². The van der Waals surface area contributed by atoms with E-state index in [9.17, 15) is 17.6 Å². The third-order valence-electron chi connectivity index (χ3n) is 4.52. The molecule has 3 aromatic carbocycles. The molecule has 6 nitrogen and oxygen atoms in total.